The molecule has 1 aliphatic carbocycles. The van der Waals surface area contributed by atoms with E-state index in [-0.39, 0.29) is 21.1 Å². The minimum absolute atomic E-state index is 0. The van der Waals surface area contributed by atoms with Crippen molar-refractivity contribution >= 4 is 21.5 Å². The monoisotopic (exact) mass is 843 g/mol. The van der Waals surface area contributed by atoms with Crippen molar-refractivity contribution in [1.29, 1.82) is 0 Å². The van der Waals surface area contributed by atoms with Crippen LogP contribution < -0.4 is 0 Å². The van der Waals surface area contributed by atoms with Gasteiger partial charge in [0.25, 0.3) is 0 Å². The van der Waals surface area contributed by atoms with E-state index in [9.17, 15) is 0 Å². The van der Waals surface area contributed by atoms with E-state index in [0.29, 0.717) is 0 Å². The summed E-state index contributed by atoms with van der Waals surface area (Å²) in [6.07, 6.45) is 11.3. The summed E-state index contributed by atoms with van der Waals surface area (Å²) in [7, 11) is 0. The minimum atomic E-state index is -0.781. The van der Waals surface area contributed by atoms with Crippen LogP contribution in [0.4, 0.5) is 0 Å². The molecule has 246 valence electrons. The molecule has 0 amide bonds. The molecule has 0 N–H and O–H groups in total. The van der Waals surface area contributed by atoms with Gasteiger partial charge in [-0.25, -0.2) is 0 Å². The second kappa shape index (κ2) is 12.9. The third-order valence-corrected chi connectivity index (χ3v) is 10.2. The van der Waals surface area contributed by atoms with E-state index in [1.807, 2.05) is 55.4 Å². The van der Waals surface area contributed by atoms with Gasteiger partial charge in [0.15, 0.2) is 0 Å². The maximum absolute atomic E-state index is 4.96. The van der Waals surface area contributed by atoms with Gasteiger partial charge in [0.05, 0.1) is 0 Å². The molecule has 0 radical (unpaired) electrons. The van der Waals surface area contributed by atoms with Gasteiger partial charge in [0.1, 0.15) is 0 Å². The topological polar surface area (TPSA) is 51.6 Å². The van der Waals surface area contributed by atoms with Gasteiger partial charge in [0, 0.05) is 42.6 Å². The van der Waals surface area contributed by atoms with Gasteiger partial charge in [-0.15, -0.1) is 46.5 Å². The van der Waals surface area contributed by atoms with Crippen molar-refractivity contribution in [1.82, 2.24) is 19.9 Å². The van der Waals surface area contributed by atoms with E-state index in [4.69, 9.17) is 9.97 Å². The number of aromatic nitrogens is 4. The third kappa shape index (κ3) is 4.94. The summed E-state index contributed by atoms with van der Waals surface area (Å²) in [6.45, 7) is 0. The molecule has 9 aromatic rings. The van der Waals surface area contributed by atoms with E-state index in [2.05, 4.69) is 137 Å². The minimum Gasteiger partial charge on any atom is -0.305 e. The molecule has 5 heteroatoms. The Morgan fingerprint density at radius 1 is 0.442 bits per heavy atom. The van der Waals surface area contributed by atoms with Crippen molar-refractivity contribution in [3.8, 4) is 44.8 Å². The molecular weight excluding hydrogens is 816 g/mol. The Morgan fingerprint density at radius 2 is 1.00 bits per heavy atom. The number of rotatable bonds is 5. The molecule has 5 aromatic carbocycles. The van der Waals surface area contributed by atoms with E-state index in [0.717, 1.165) is 66.3 Å². The van der Waals surface area contributed by atoms with E-state index in [1.54, 1.807) is 0 Å². The number of hydrogen-bond acceptors (Lipinski definition) is 4. The van der Waals surface area contributed by atoms with Gasteiger partial charge in [-0.3, -0.25) is 9.97 Å². The predicted octanol–water partition coefficient (Wildman–Crippen LogP) is 10.5. The first kappa shape index (κ1) is 31.9. The molecule has 0 aliphatic heterocycles. The van der Waals surface area contributed by atoms with Crippen LogP contribution in [0.15, 0.2) is 171 Å². The van der Waals surface area contributed by atoms with Gasteiger partial charge in [-0.2, -0.15) is 0 Å². The molecule has 0 spiro atoms. The Kier molecular flexibility index (Phi) is 7.91. The molecule has 4 heterocycles. The molecule has 1 aliphatic rings. The number of hydrogen-bond donors (Lipinski definition) is 0. The van der Waals surface area contributed by atoms with Gasteiger partial charge in [0.2, 0.25) is 0 Å². The Labute approximate surface area is 316 Å². The summed E-state index contributed by atoms with van der Waals surface area (Å²) in [5.74, 6) is 0. The van der Waals surface area contributed by atoms with Crippen molar-refractivity contribution in [2.24, 2.45) is 0 Å². The van der Waals surface area contributed by atoms with Crippen molar-refractivity contribution in [2.75, 3.05) is 0 Å². The largest absolute Gasteiger partial charge is 2.00 e. The molecule has 0 bridgehead atoms. The van der Waals surface area contributed by atoms with E-state index >= 15 is 0 Å². The quantitative estimate of drug-likeness (QED) is 0.162. The average Bonchev–Trinajstić information content (AvgIpc) is 3.52. The molecule has 4 nitrogen and oxygen atoms in total. The maximum Gasteiger partial charge on any atom is 2.00 e. The van der Waals surface area contributed by atoms with Crippen LogP contribution in [0.5, 0.6) is 0 Å². The zero-order valence-corrected chi connectivity index (χ0v) is 30.0. The van der Waals surface area contributed by atoms with Crippen LogP contribution in [-0.2, 0) is 26.5 Å². The van der Waals surface area contributed by atoms with Crippen LogP contribution in [0.3, 0.4) is 0 Å². The predicted molar refractivity (Wildman–Crippen MR) is 204 cm³/mol. The molecule has 0 fully saturated rings. The fraction of sp³-hybridized carbons (Fsp3) is 0.0213. The molecule has 0 saturated heterocycles. The van der Waals surface area contributed by atoms with Crippen molar-refractivity contribution < 1.29 is 21.1 Å². The van der Waals surface area contributed by atoms with Crippen molar-refractivity contribution in [3.05, 3.63) is 205 Å². The molecule has 0 saturated carbocycles. The van der Waals surface area contributed by atoms with E-state index < -0.39 is 5.41 Å². The van der Waals surface area contributed by atoms with E-state index in [1.165, 1.54) is 22.3 Å². The van der Waals surface area contributed by atoms with Crippen LogP contribution in [0.1, 0.15) is 22.3 Å². The van der Waals surface area contributed by atoms with Crippen molar-refractivity contribution in [2.45, 2.75) is 5.41 Å². The van der Waals surface area contributed by atoms with Crippen LogP contribution >= 0.6 is 0 Å². The zero-order chi connectivity index (χ0) is 33.8. The smallest absolute Gasteiger partial charge is 0.305 e. The van der Waals surface area contributed by atoms with Crippen LogP contribution in [-0.4, -0.2) is 19.9 Å². The molecule has 0 unspecified atom stereocenters. The average molecular weight is 844 g/mol. The van der Waals surface area contributed by atoms with Crippen LogP contribution in [0.25, 0.3) is 66.3 Å². The van der Waals surface area contributed by atoms with Gasteiger partial charge in [-0.1, -0.05) is 131 Å². The molecule has 10 rings (SSSR count). The summed E-state index contributed by atoms with van der Waals surface area (Å²) >= 11 is 0. The first-order valence-corrected chi connectivity index (χ1v) is 17.0. The number of fused-ring (bicyclic) bond motifs is 5. The van der Waals surface area contributed by atoms with Crippen molar-refractivity contribution in [3.63, 3.8) is 0 Å². The molecular formula is C47H28N4Pt. The Balaban J connectivity index is 0.00000360. The van der Waals surface area contributed by atoms with Gasteiger partial charge in [-0.05, 0) is 56.9 Å². The Morgan fingerprint density at radius 3 is 1.62 bits per heavy atom. The summed E-state index contributed by atoms with van der Waals surface area (Å²) in [5.41, 5.74) is 11.8. The standard InChI is InChI=1S/C47H28N4.Pt/c1-2-10-31(11-3-1)32-17-23-51-46(26-32)42-28-36(25-34-30-49-22-19-38(34)42)47(43-14-6-4-12-39(43)40-13-5-7-15-44(40)47)35-24-33-29-48-21-18-37(33)41(27-35)45-16-8-9-20-50-45;/h1-26,29-30H;/q-2;+2. The number of benzene rings is 5. The first-order valence-electron chi connectivity index (χ1n) is 17.0. The summed E-state index contributed by atoms with van der Waals surface area (Å²) in [5, 5.41) is 4.13. The van der Waals surface area contributed by atoms with Crippen LogP contribution in [0, 0.1) is 12.1 Å². The normalized spacial score (nSPS) is 12.6. The SMILES string of the molecule is [Pt+2].[c-]1c(C2(c3[c-]c(-c4cc(-c5ccccc5)ccn4)c4ccncc4c3)c3ccccc3-c3ccccc32)cc2cnccc2c1-c1ccccn1. The molecule has 4 aromatic heterocycles. The third-order valence-electron chi connectivity index (χ3n) is 10.2. The summed E-state index contributed by atoms with van der Waals surface area (Å²) in [6, 6.07) is 54.8. The Hall–Kier alpha value is -6.09. The fourth-order valence-corrected chi connectivity index (χ4v) is 7.94. The molecule has 52 heavy (non-hydrogen) atoms. The number of nitrogens with zero attached hydrogens (tertiary/aromatic N) is 4. The van der Waals surface area contributed by atoms with Gasteiger partial charge >= 0.3 is 21.1 Å². The molecule has 0 atom stereocenters. The Bertz CT molecular complexity index is 2720. The number of pyridine rings is 4. The zero-order valence-electron chi connectivity index (χ0n) is 27.8. The van der Waals surface area contributed by atoms with Crippen LogP contribution in [0.2, 0.25) is 0 Å². The maximum atomic E-state index is 4.96. The summed E-state index contributed by atoms with van der Waals surface area (Å²) < 4.78 is 0. The van der Waals surface area contributed by atoms with Gasteiger partial charge < -0.3 is 9.97 Å². The fourth-order valence-electron chi connectivity index (χ4n) is 7.94. The first-order chi connectivity index (χ1) is 25.3. The summed E-state index contributed by atoms with van der Waals surface area (Å²) in [4.78, 5) is 18.9. The second-order valence-corrected chi connectivity index (χ2v) is 12.9. The second-order valence-electron chi connectivity index (χ2n) is 12.9.